The fraction of sp³-hybridized carbons (Fsp3) is 0.600. The largest absolute Gasteiger partial charge is 0.447 e. The molecule has 0 spiro atoms. The maximum Gasteiger partial charge on any atom is 0.275 e. The normalized spacial score (nSPS) is 19.1. The minimum Gasteiger partial charge on any atom is -0.447 e. The molecule has 2 aromatic rings. The van der Waals surface area contributed by atoms with Crippen LogP contribution >= 0.6 is 0 Å². The van der Waals surface area contributed by atoms with Crippen LogP contribution in [0.15, 0.2) is 34.9 Å². The summed E-state index contributed by atoms with van der Waals surface area (Å²) in [6.07, 6.45) is 3.05. The predicted octanol–water partition coefficient (Wildman–Crippen LogP) is 2.09. The number of oxazole rings is 1. The fourth-order valence-electron chi connectivity index (χ4n) is 4.66. The highest BCUT2D eigenvalue weighted by atomic mass is 16.3. The standard InChI is InChI=1S/C25H37N5O3/c1-3-20-7-5-6-8-23(20)29-13-15-30(16-14-29)25(32)22-19-33-24(26-22)18-28-11-9-27(10-12-28)17-21(31)4-2/h5-8,19,21,31H,3-4,9-18H2,1-2H3/t21-/m1/s1. The Hall–Kier alpha value is -2.42. The molecule has 0 aliphatic carbocycles. The number of piperazine rings is 2. The van der Waals surface area contributed by atoms with E-state index in [0.717, 1.165) is 58.7 Å². The second kappa shape index (κ2) is 11.1. The van der Waals surface area contributed by atoms with Crippen LogP contribution in [0.4, 0.5) is 5.69 Å². The molecule has 180 valence electrons. The maximum atomic E-state index is 13.0. The van der Waals surface area contributed by atoms with Crippen molar-refractivity contribution in [3.63, 3.8) is 0 Å². The van der Waals surface area contributed by atoms with Gasteiger partial charge in [-0.2, -0.15) is 0 Å². The number of amides is 1. The molecule has 8 heteroatoms. The van der Waals surface area contributed by atoms with Crippen molar-refractivity contribution in [2.75, 3.05) is 63.8 Å². The molecule has 0 radical (unpaired) electrons. The molecule has 1 aromatic carbocycles. The minimum atomic E-state index is -0.250. The lowest BCUT2D eigenvalue weighted by Gasteiger charge is -2.36. The average molecular weight is 456 g/mol. The van der Waals surface area contributed by atoms with E-state index >= 15 is 0 Å². The first-order chi connectivity index (χ1) is 16.1. The number of carbonyl (C=O) groups excluding carboxylic acids is 1. The predicted molar refractivity (Wildman–Crippen MR) is 128 cm³/mol. The number of benzene rings is 1. The van der Waals surface area contributed by atoms with Crippen LogP contribution in [0.5, 0.6) is 0 Å². The van der Waals surface area contributed by atoms with E-state index in [9.17, 15) is 9.90 Å². The zero-order valence-corrected chi connectivity index (χ0v) is 19.9. The summed E-state index contributed by atoms with van der Waals surface area (Å²) < 4.78 is 5.64. The number of aromatic nitrogens is 1. The van der Waals surface area contributed by atoms with Crippen LogP contribution in [0, 0.1) is 0 Å². The number of β-amino-alcohol motifs (C(OH)–C–C–N with tert-alkyl or cyclic N) is 1. The second-order valence-corrected chi connectivity index (χ2v) is 9.03. The number of hydrogen-bond donors (Lipinski definition) is 1. The van der Waals surface area contributed by atoms with Gasteiger partial charge in [-0.1, -0.05) is 32.0 Å². The number of aliphatic hydroxyl groups is 1. The SMILES string of the molecule is CCc1ccccc1N1CCN(C(=O)c2coc(CN3CCN(C[C@H](O)CC)CC3)n2)CC1. The van der Waals surface area contributed by atoms with Gasteiger partial charge in [-0.05, 0) is 24.5 Å². The third kappa shape index (κ3) is 5.93. The van der Waals surface area contributed by atoms with E-state index in [1.165, 1.54) is 17.5 Å². The van der Waals surface area contributed by atoms with Crippen molar-refractivity contribution in [1.82, 2.24) is 19.7 Å². The first kappa shape index (κ1) is 23.7. The summed E-state index contributed by atoms with van der Waals surface area (Å²) in [6.45, 7) is 12.2. The van der Waals surface area contributed by atoms with Gasteiger partial charge in [0, 0.05) is 64.6 Å². The Bertz CT molecular complexity index is 901. The third-order valence-corrected chi connectivity index (χ3v) is 6.81. The lowest BCUT2D eigenvalue weighted by molar-refractivity contribution is 0.0658. The molecular formula is C25H37N5O3. The van der Waals surface area contributed by atoms with Gasteiger partial charge in [0.1, 0.15) is 6.26 Å². The number of carbonyl (C=O) groups is 1. The van der Waals surface area contributed by atoms with Crippen molar-refractivity contribution in [2.45, 2.75) is 39.3 Å². The van der Waals surface area contributed by atoms with E-state index < -0.39 is 0 Å². The molecule has 2 aliphatic rings. The summed E-state index contributed by atoms with van der Waals surface area (Å²) in [6, 6.07) is 8.52. The van der Waals surface area contributed by atoms with E-state index in [1.54, 1.807) is 0 Å². The first-order valence-corrected chi connectivity index (χ1v) is 12.3. The van der Waals surface area contributed by atoms with Gasteiger partial charge in [0.2, 0.25) is 5.89 Å². The van der Waals surface area contributed by atoms with Crippen LogP contribution in [-0.4, -0.2) is 95.7 Å². The number of rotatable bonds is 8. The Morgan fingerprint density at radius 3 is 2.42 bits per heavy atom. The van der Waals surface area contributed by atoms with Crippen molar-refractivity contribution in [3.8, 4) is 0 Å². The number of aliphatic hydroxyl groups excluding tert-OH is 1. The van der Waals surface area contributed by atoms with Crippen LogP contribution < -0.4 is 4.90 Å². The topological polar surface area (TPSA) is 76.3 Å². The molecule has 0 bridgehead atoms. The molecule has 1 atom stereocenters. The van der Waals surface area contributed by atoms with E-state index in [0.29, 0.717) is 31.2 Å². The van der Waals surface area contributed by atoms with Crippen LogP contribution in [0.2, 0.25) is 0 Å². The fourth-order valence-corrected chi connectivity index (χ4v) is 4.66. The second-order valence-electron chi connectivity index (χ2n) is 9.03. The summed E-state index contributed by atoms with van der Waals surface area (Å²) >= 11 is 0. The van der Waals surface area contributed by atoms with E-state index in [2.05, 4.69) is 50.9 Å². The Labute approximate surface area is 196 Å². The van der Waals surface area contributed by atoms with Gasteiger partial charge >= 0.3 is 0 Å². The number of para-hydroxylation sites is 1. The van der Waals surface area contributed by atoms with Gasteiger partial charge in [0.05, 0.1) is 12.6 Å². The highest BCUT2D eigenvalue weighted by molar-refractivity contribution is 5.92. The van der Waals surface area contributed by atoms with Crippen LogP contribution in [0.1, 0.15) is 42.2 Å². The van der Waals surface area contributed by atoms with Gasteiger partial charge < -0.3 is 19.3 Å². The Morgan fingerprint density at radius 2 is 1.73 bits per heavy atom. The molecule has 2 saturated heterocycles. The number of nitrogens with zero attached hydrogens (tertiary/aromatic N) is 5. The molecule has 1 amide bonds. The summed E-state index contributed by atoms with van der Waals surface area (Å²) in [7, 11) is 0. The highest BCUT2D eigenvalue weighted by Gasteiger charge is 2.26. The first-order valence-electron chi connectivity index (χ1n) is 12.3. The van der Waals surface area contributed by atoms with Crippen molar-refractivity contribution in [2.24, 2.45) is 0 Å². The Balaban J connectivity index is 1.26. The smallest absolute Gasteiger partial charge is 0.275 e. The Morgan fingerprint density at radius 1 is 1.03 bits per heavy atom. The van der Waals surface area contributed by atoms with Gasteiger partial charge in [-0.25, -0.2) is 4.98 Å². The molecule has 0 unspecified atom stereocenters. The van der Waals surface area contributed by atoms with Crippen LogP contribution in [-0.2, 0) is 13.0 Å². The van der Waals surface area contributed by atoms with Gasteiger partial charge in [0.15, 0.2) is 5.69 Å². The van der Waals surface area contributed by atoms with E-state index in [1.807, 2.05) is 11.8 Å². The lowest BCUT2D eigenvalue weighted by atomic mass is 10.1. The van der Waals surface area contributed by atoms with Gasteiger partial charge in [-0.3, -0.25) is 14.6 Å². The molecular weight excluding hydrogens is 418 g/mol. The lowest BCUT2D eigenvalue weighted by Crippen LogP contribution is -2.49. The minimum absolute atomic E-state index is 0.0493. The number of anilines is 1. The van der Waals surface area contributed by atoms with Crippen LogP contribution in [0.3, 0.4) is 0 Å². The summed E-state index contributed by atoms with van der Waals surface area (Å²) in [5.74, 6) is 0.544. The van der Waals surface area contributed by atoms with Crippen molar-refractivity contribution < 1.29 is 14.3 Å². The van der Waals surface area contributed by atoms with Crippen molar-refractivity contribution in [1.29, 1.82) is 0 Å². The molecule has 1 aromatic heterocycles. The summed E-state index contributed by atoms with van der Waals surface area (Å²) in [5, 5.41) is 9.85. The number of aryl methyl sites for hydroxylation is 1. The third-order valence-electron chi connectivity index (χ3n) is 6.81. The molecule has 2 aliphatic heterocycles. The maximum absolute atomic E-state index is 13.0. The monoisotopic (exact) mass is 455 g/mol. The Kier molecular flexibility index (Phi) is 8.01. The molecule has 33 heavy (non-hydrogen) atoms. The molecule has 4 rings (SSSR count). The van der Waals surface area contributed by atoms with Crippen LogP contribution in [0.25, 0.3) is 0 Å². The van der Waals surface area contributed by atoms with Gasteiger partial charge in [0.25, 0.3) is 5.91 Å². The van der Waals surface area contributed by atoms with Crippen molar-refractivity contribution >= 4 is 11.6 Å². The molecule has 2 fully saturated rings. The molecule has 3 heterocycles. The average Bonchev–Trinajstić information content (AvgIpc) is 3.33. The molecule has 8 nitrogen and oxygen atoms in total. The molecule has 1 N–H and O–H groups in total. The zero-order chi connectivity index (χ0) is 23.2. The van der Waals surface area contributed by atoms with Crippen molar-refractivity contribution in [3.05, 3.63) is 47.7 Å². The molecule has 0 saturated carbocycles. The summed E-state index contributed by atoms with van der Waals surface area (Å²) in [5.41, 5.74) is 3.03. The van der Waals surface area contributed by atoms with E-state index in [-0.39, 0.29) is 12.0 Å². The van der Waals surface area contributed by atoms with Gasteiger partial charge in [-0.15, -0.1) is 0 Å². The summed E-state index contributed by atoms with van der Waals surface area (Å²) in [4.78, 5) is 26.3. The highest BCUT2D eigenvalue weighted by Crippen LogP contribution is 2.23. The van der Waals surface area contributed by atoms with E-state index in [4.69, 9.17) is 4.42 Å². The quantitative estimate of drug-likeness (QED) is 0.653. The zero-order valence-electron chi connectivity index (χ0n) is 19.9. The number of hydrogen-bond acceptors (Lipinski definition) is 7.